The van der Waals surface area contributed by atoms with Crippen LogP contribution in [0.1, 0.15) is 25.8 Å². The van der Waals surface area contributed by atoms with Crippen molar-refractivity contribution in [2.75, 3.05) is 0 Å². The first-order chi connectivity index (χ1) is 9.04. The van der Waals surface area contributed by atoms with Gasteiger partial charge in [0.15, 0.2) is 0 Å². The fourth-order valence-corrected chi connectivity index (χ4v) is 1.69. The van der Waals surface area contributed by atoms with E-state index in [-0.39, 0.29) is 12.0 Å². The van der Waals surface area contributed by atoms with Crippen molar-refractivity contribution in [3.8, 4) is 0 Å². The van der Waals surface area contributed by atoms with Crippen LogP contribution in [0.3, 0.4) is 0 Å². The van der Waals surface area contributed by atoms with Crippen LogP contribution in [-0.4, -0.2) is 28.4 Å². The summed E-state index contributed by atoms with van der Waals surface area (Å²) in [5.41, 5.74) is 1.24. The molecule has 0 saturated heterocycles. The maximum Gasteiger partial charge on any atom is 0.331 e. The first kappa shape index (κ1) is 15.4. The number of allylic oxidation sites excluding steroid dienone is 1. The van der Waals surface area contributed by atoms with Crippen LogP contribution < -0.4 is 0 Å². The molecule has 4 heteroatoms. The Kier molecular flexibility index (Phi) is 6.25. The number of rotatable bonds is 7. The Bertz CT molecular complexity index is 423. The van der Waals surface area contributed by atoms with Crippen molar-refractivity contribution < 1.29 is 19.7 Å². The van der Waals surface area contributed by atoms with Gasteiger partial charge in [-0.05, 0) is 19.4 Å². The summed E-state index contributed by atoms with van der Waals surface area (Å²) < 4.78 is 5.62. The minimum atomic E-state index is -0.975. The maximum absolute atomic E-state index is 11.0. The second-order valence-electron chi connectivity index (χ2n) is 4.40. The van der Waals surface area contributed by atoms with Gasteiger partial charge in [-0.2, -0.15) is 0 Å². The molecule has 0 bridgehead atoms. The largest absolute Gasteiger partial charge is 0.478 e. The van der Waals surface area contributed by atoms with Gasteiger partial charge in [0.1, 0.15) is 0 Å². The lowest BCUT2D eigenvalue weighted by molar-refractivity contribution is -0.133. The number of aliphatic hydroxyl groups is 1. The molecule has 0 fully saturated rings. The monoisotopic (exact) mass is 264 g/mol. The van der Waals surface area contributed by atoms with Gasteiger partial charge in [-0.25, -0.2) is 4.79 Å². The summed E-state index contributed by atoms with van der Waals surface area (Å²) in [4.78, 5) is 11.0. The Hall–Kier alpha value is -1.65. The highest BCUT2D eigenvalue weighted by atomic mass is 16.5. The quantitative estimate of drug-likeness (QED) is 0.742. The second kappa shape index (κ2) is 7.71. The summed E-state index contributed by atoms with van der Waals surface area (Å²) in [5, 5.41) is 18.7. The molecular weight excluding hydrogens is 244 g/mol. The molecule has 1 aromatic carbocycles. The molecule has 0 radical (unpaired) electrons. The van der Waals surface area contributed by atoms with Crippen LogP contribution in [0.25, 0.3) is 0 Å². The van der Waals surface area contributed by atoms with E-state index in [4.69, 9.17) is 9.84 Å². The average Bonchev–Trinajstić information content (AvgIpc) is 2.39. The van der Waals surface area contributed by atoms with E-state index in [0.29, 0.717) is 6.61 Å². The number of hydrogen-bond acceptors (Lipinski definition) is 3. The Morgan fingerprint density at radius 2 is 2.00 bits per heavy atom. The topological polar surface area (TPSA) is 66.8 Å². The third-order valence-electron chi connectivity index (χ3n) is 2.89. The Labute approximate surface area is 113 Å². The van der Waals surface area contributed by atoms with Crippen molar-refractivity contribution in [3.63, 3.8) is 0 Å². The number of hydrogen-bond donors (Lipinski definition) is 2. The lowest BCUT2D eigenvalue weighted by Gasteiger charge is -2.21. The molecule has 2 atom stereocenters. The number of carbonyl (C=O) groups is 1. The highest BCUT2D eigenvalue weighted by Crippen LogP contribution is 2.15. The summed E-state index contributed by atoms with van der Waals surface area (Å²) in [6.45, 7) is 3.62. The van der Waals surface area contributed by atoms with Crippen molar-refractivity contribution in [3.05, 3.63) is 47.5 Å². The summed E-state index contributed by atoms with van der Waals surface area (Å²) in [6.07, 6.45) is 0.473. The van der Waals surface area contributed by atoms with Crippen molar-refractivity contribution in [1.82, 2.24) is 0 Å². The molecule has 0 heterocycles. The number of aliphatic hydroxyl groups excluding tert-OH is 1. The van der Waals surface area contributed by atoms with Crippen LogP contribution in [0.2, 0.25) is 0 Å². The number of carboxylic acids is 1. The van der Waals surface area contributed by atoms with Crippen molar-refractivity contribution in [2.45, 2.75) is 39.1 Å². The first-order valence-electron chi connectivity index (χ1n) is 6.26. The second-order valence-corrected chi connectivity index (χ2v) is 4.40. The van der Waals surface area contributed by atoms with Crippen LogP contribution in [0.4, 0.5) is 0 Å². The fourth-order valence-electron chi connectivity index (χ4n) is 1.69. The van der Waals surface area contributed by atoms with Gasteiger partial charge in [0.25, 0.3) is 0 Å². The van der Waals surface area contributed by atoms with Gasteiger partial charge in [0.05, 0.1) is 18.8 Å². The molecule has 1 aromatic rings. The lowest BCUT2D eigenvalue weighted by Crippen LogP contribution is -2.28. The van der Waals surface area contributed by atoms with E-state index >= 15 is 0 Å². The summed E-state index contributed by atoms with van der Waals surface area (Å²) >= 11 is 0. The zero-order chi connectivity index (χ0) is 14.3. The number of benzene rings is 1. The molecule has 0 aliphatic rings. The smallest absolute Gasteiger partial charge is 0.331 e. The Morgan fingerprint density at radius 3 is 2.47 bits per heavy atom. The van der Waals surface area contributed by atoms with Crippen LogP contribution in [0.5, 0.6) is 0 Å². The highest BCUT2D eigenvalue weighted by Gasteiger charge is 2.20. The molecule has 4 nitrogen and oxygen atoms in total. The SMILES string of the molecule is C/C=C(\CC(OCc1ccccc1)[C@@H](C)O)C(=O)O. The number of carboxylic acid groups (broad SMARTS) is 1. The average molecular weight is 264 g/mol. The van der Waals surface area contributed by atoms with Crippen LogP contribution in [0, 0.1) is 0 Å². The predicted molar refractivity (Wildman–Crippen MR) is 72.7 cm³/mol. The van der Waals surface area contributed by atoms with Crippen molar-refractivity contribution >= 4 is 5.97 Å². The minimum absolute atomic E-state index is 0.191. The Morgan fingerprint density at radius 1 is 1.37 bits per heavy atom. The molecule has 2 N–H and O–H groups in total. The molecule has 0 aliphatic carbocycles. The van der Waals surface area contributed by atoms with E-state index in [0.717, 1.165) is 5.56 Å². The lowest BCUT2D eigenvalue weighted by atomic mass is 10.0. The van der Waals surface area contributed by atoms with Crippen LogP contribution >= 0.6 is 0 Å². The molecule has 0 aliphatic heterocycles. The van der Waals surface area contributed by atoms with E-state index in [9.17, 15) is 9.90 Å². The molecule has 0 amide bonds. The molecule has 0 spiro atoms. The van der Waals surface area contributed by atoms with Crippen LogP contribution in [0.15, 0.2) is 42.0 Å². The predicted octanol–water partition coefficient (Wildman–Crippen LogP) is 2.37. The molecule has 1 rings (SSSR count). The van der Waals surface area contributed by atoms with Gasteiger partial charge < -0.3 is 14.9 Å². The van der Waals surface area contributed by atoms with E-state index < -0.39 is 18.2 Å². The van der Waals surface area contributed by atoms with Crippen molar-refractivity contribution in [1.29, 1.82) is 0 Å². The molecular formula is C15H20O4. The van der Waals surface area contributed by atoms with Gasteiger partial charge in [-0.3, -0.25) is 0 Å². The third kappa shape index (κ3) is 5.24. The normalized spacial score (nSPS) is 15.0. The number of aliphatic carboxylic acids is 1. The van der Waals surface area contributed by atoms with Gasteiger partial charge in [-0.15, -0.1) is 0 Å². The standard InChI is InChI=1S/C15H20O4/c1-3-13(15(17)18)9-14(11(2)16)19-10-12-7-5-4-6-8-12/h3-8,11,14,16H,9-10H2,1-2H3,(H,17,18)/b13-3+/t11-,14?/m1/s1. The third-order valence-corrected chi connectivity index (χ3v) is 2.89. The zero-order valence-electron chi connectivity index (χ0n) is 11.2. The summed E-state index contributed by atoms with van der Waals surface area (Å²) in [6, 6.07) is 9.58. The maximum atomic E-state index is 11.0. The summed E-state index contributed by atoms with van der Waals surface area (Å²) in [5.74, 6) is -0.975. The molecule has 104 valence electrons. The van der Waals surface area contributed by atoms with Gasteiger partial charge in [0.2, 0.25) is 0 Å². The fraction of sp³-hybridized carbons (Fsp3) is 0.400. The zero-order valence-corrected chi connectivity index (χ0v) is 11.2. The minimum Gasteiger partial charge on any atom is -0.478 e. The van der Waals surface area contributed by atoms with Gasteiger partial charge in [0, 0.05) is 12.0 Å². The van der Waals surface area contributed by atoms with Gasteiger partial charge >= 0.3 is 5.97 Å². The van der Waals surface area contributed by atoms with E-state index in [1.54, 1.807) is 13.8 Å². The molecule has 19 heavy (non-hydrogen) atoms. The van der Waals surface area contributed by atoms with Crippen LogP contribution in [-0.2, 0) is 16.1 Å². The first-order valence-corrected chi connectivity index (χ1v) is 6.26. The highest BCUT2D eigenvalue weighted by molar-refractivity contribution is 5.86. The van der Waals surface area contributed by atoms with E-state index in [1.807, 2.05) is 30.3 Å². The molecule has 0 saturated carbocycles. The summed E-state index contributed by atoms with van der Waals surface area (Å²) in [7, 11) is 0. The Balaban J connectivity index is 2.61. The van der Waals surface area contributed by atoms with Crippen molar-refractivity contribution in [2.24, 2.45) is 0 Å². The molecule has 0 aromatic heterocycles. The molecule has 1 unspecified atom stereocenters. The van der Waals surface area contributed by atoms with E-state index in [1.165, 1.54) is 6.08 Å². The van der Waals surface area contributed by atoms with E-state index in [2.05, 4.69) is 0 Å². The number of ether oxygens (including phenoxy) is 1. The van der Waals surface area contributed by atoms with Gasteiger partial charge in [-0.1, -0.05) is 36.4 Å².